The Morgan fingerprint density at radius 3 is 2.38 bits per heavy atom. The molecular formula is C12H17FN2O5S. The molecule has 0 fully saturated rings. The second kappa shape index (κ2) is 6.46. The van der Waals surface area contributed by atoms with Crippen molar-refractivity contribution in [1.29, 1.82) is 0 Å². The number of hydrogen-bond donors (Lipinski definition) is 2. The van der Waals surface area contributed by atoms with Gasteiger partial charge in [0, 0.05) is 6.07 Å². The average Bonchev–Trinajstić information content (AvgIpc) is 2.44. The summed E-state index contributed by atoms with van der Waals surface area (Å²) in [6.45, 7) is 2.99. The molecule has 0 saturated heterocycles. The molecule has 9 heteroatoms. The van der Waals surface area contributed by atoms with Crippen LogP contribution in [0.4, 0.5) is 10.1 Å². The predicted octanol–water partition coefficient (Wildman–Crippen LogP) is 1.56. The molecule has 0 unspecified atom stereocenters. The van der Waals surface area contributed by atoms with Crippen molar-refractivity contribution in [3.05, 3.63) is 34.1 Å². The number of nitro benzene ring substituents is 1. The molecule has 0 bridgehead atoms. The Morgan fingerprint density at radius 2 is 1.95 bits per heavy atom. The van der Waals surface area contributed by atoms with Crippen LogP contribution in [-0.4, -0.2) is 30.6 Å². The second-order valence-corrected chi connectivity index (χ2v) is 6.30. The number of nitro groups is 1. The first-order valence-corrected chi connectivity index (χ1v) is 7.78. The maximum Gasteiger partial charge on any atom is 0.306 e. The van der Waals surface area contributed by atoms with Gasteiger partial charge in [-0.25, -0.2) is 13.1 Å². The molecule has 0 aliphatic rings. The van der Waals surface area contributed by atoms with E-state index in [4.69, 9.17) is 0 Å². The van der Waals surface area contributed by atoms with Gasteiger partial charge in [0.25, 0.3) is 0 Å². The van der Waals surface area contributed by atoms with Gasteiger partial charge in [-0.3, -0.25) is 10.1 Å². The minimum Gasteiger partial charge on any atom is -0.394 e. The fourth-order valence-electron chi connectivity index (χ4n) is 1.79. The SMILES string of the molecule is CCC(CC)(CO)NS(=O)(=O)c1ccc(F)c([N+](=O)[O-])c1. The normalized spacial score (nSPS) is 12.4. The lowest BCUT2D eigenvalue weighted by Crippen LogP contribution is -2.50. The third-order valence-corrected chi connectivity index (χ3v) is 5.01. The fraction of sp³-hybridized carbons (Fsp3) is 0.500. The van der Waals surface area contributed by atoms with E-state index in [0.29, 0.717) is 18.9 Å². The standard InChI is InChI=1S/C12H17FN2O5S/c1-3-12(4-2,8-16)14-21(19,20)9-5-6-10(13)11(7-9)15(17)18/h5-7,14,16H,3-4,8H2,1-2H3. The summed E-state index contributed by atoms with van der Waals surface area (Å²) in [4.78, 5) is 9.25. The molecule has 0 heterocycles. The Bertz CT molecular complexity index is 620. The number of aliphatic hydroxyl groups excluding tert-OH is 1. The monoisotopic (exact) mass is 320 g/mol. The van der Waals surface area contributed by atoms with E-state index in [-0.39, 0.29) is 0 Å². The van der Waals surface area contributed by atoms with Crippen molar-refractivity contribution in [3.8, 4) is 0 Å². The quantitative estimate of drug-likeness (QED) is 0.585. The third-order valence-electron chi connectivity index (χ3n) is 3.43. The van der Waals surface area contributed by atoms with E-state index in [2.05, 4.69) is 4.72 Å². The fourth-order valence-corrected chi connectivity index (χ4v) is 3.35. The number of nitrogens with zero attached hydrogens (tertiary/aromatic N) is 1. The van der Waals surface area contributed by atoms with Crippen LogP contribution in [0.3, 0.4) is 0 Å². The number of aliphatic hydroxyl groups is 1. The highest BCUT2D eigenvalue weighted by atomic mass is 32.2. The number of hydrogen-bond acceptors (Lipinski definition) is 5. The molecule has 1 aromatic rings. The van der Waals surface area contributed by atoms with Crippen molar-refractivity contribution >= 4 is 15.7 Å². The van der Waals surface area contributed by atoms with E-state index in [0.717, 1.165) is 12.1 Å². The summed E-state index contributed by atoms with van der Waals surface area (Å²) in [6, 6.07) is 2.33. The Labute approximate surface area is 122 Å². The van der Waals surface area contributed by atoms with Gasteiger partial charge in [-0.2, -0.15) is 4.39 Å². The molecule has 0 radical (unpaired) electrons. The van der Waals surface area contributed by atoms with Gasteiger partial charge in [0.05, 0.1) is 22.0 Å². The van der Waals surface area contributed by atoms with Crippen LogP contribution in [0.5, 0.6) is 0 Å². The topological polar surface area (TPSA) is 110 Å². The Morgan fingerprint density at radius 1 is 1.38 bits per heavy atom. The first kappa shape index (κ1) is 17.5. The summed E-state index contributed by atoms with van der Waals surface area (Å²) in [5, 5.41) is 20.0. The zero-order valence-corrected chi connectivity index (χ0v) is 12.5. The molecule has 2 N–H and O–H groups in total. The van der Waals surface area contributed by atoms with Gasteiger partial charge < -0.3 is 5.11 Å². The van der Waals surface area contributed by atoms with Crippen molar-refractivity contribution in [3.63, 3.8) is 0 Å². The summed E-state index contributed by atoms with van der Waals surface area (Å²) in [6.07, 6.45) is 0.672. The molecule has 0 aromatic heterocycles. The van der Waals surface area contributed by atoms with E-state index in [1.807, 2.05) is 0 Å². The molecule has 0 spiro atoms. The number of rotatable bonds is 7. The highest BCUT2D eigenvalue weighted by molar-refractivity contribution is 7.89. The molecular weight excluding hydrogens is 303 g/mol. The van der Waals surface area contributed by atoms with Crippen molar-refractivity contribution in [2.24, 2.45) is 0 Å². The largest absolute Gasteiger partial charge is 0.394 e. The van der Waals surface area contributed by atoms with Crippen LogP contribution in [0, 0.1) is 15.9 Å². The zero-order chi connectivity index (χ0) is 16.3. The van der Waals surface area contributed by atoms with E-state index in [9.17, 15) is 28.0 Å². The number of sulfonamides is 1. The molecule has 0 saturated carbocycles. The van der Waals surface area contributed by atoms with Gasteiger partial charge in [0.1, 0.15) is 0 Å². The highest BCUT2D eigenvalue weighted by Gasteiger charge is 2.32. The zero-order valence-electron chi connectivity index (χ0n) is 11.7. The van der Waals surface area contributed by atoms with Crippen LogP contribution >= 0.6 is 0 Å². The molecule has 1 aromatic carbocycles. The van der Waals surface area contributed by atoms with Gasteiger partial charge in [-0.15, -0.1) is 0 Å². The summed E-state index contributed by atoms with van der Waals surface area (Å²) < 4.78 is 40.1. The summed E-state index contributed by atoms with van der Waals surface area (Å²) >= 11 is 0. The summed E-state index contributed by atoms with van der Waals surface area (Å²) in [5.74, 6) is -1.11. The lowest BCUT2D eigenvalue weighted by Gasteiger charge is -2.30. The molecule has 0 aliphatic carbocycles. The summed E-state index contributed by atoms with van der Waals surface area (Å²) in [7, 11) is -4.11. The highest BCUT2D eigenvalue weighted by Crippen LogP contribution is 2.24. The first-order valence-electron chi connectivity index (χ1n) is 6.30. The molecule has 21 heavy (non-hydrogen) atoms. The Hall–Kier alpha value is -1.58. The van der Waals surface area contributed by atoms with Crippen molar-refractivity contribution in [1.82, 2.24) is 4.72 Å². The third kappa shape index (κ3) is 3.74. The lowest BCUT2D eigenvalue weighted by molar-refractivity contribution is -0.387. The smallest absolute Gasteiger partial charge is 0.306 e. The van der Waals surface area contributed by atoms with E-state index in [1.165, 1.54) is 0 Å². The Balaban J connectivity index is 3.26. The maximum absolute atomic E-state index is 13.2. The predicted molar refractivity (Wildman–Crippen MR) is 73.8 cm³/mol. The van der Waals surface area contributed by atoms with Crippen LogP contribution < -0.4 is 4.72 Å². The summed E-state index contributed by atoms with van der Waals surface area (Å²) in [5.41, 5.74) is -1.97. The van der Waals surface area contributed by atoms with E-state index < -0.39 is 43.5 Å². The van der Waals surface area contributed by atoms with Gasteiger partial charge in [0.2, 0.25) is 15.8 Å². The van der Waals surface area contributed by atoms with Crippen LogP contribution in [0.2, 0.25) is 0 Å². The van der Waals surface area contributed by atoms with Crippen LogP contribution in [0.25, 0.3) is 0 Å². The van der Waals surface area contributed by atoms with Crippen molar-refractivity contribution < 1.29 is 22.8 Å². The first-order chi connectivity index (χ1) is 9.71. The molecule has 0 aliphatic heterocycles. The van der Waals surface area contributed by atoms with Crippen molar-refractivity contribution in [2.45, 2.75) is 37.1 Å². The lowest BCUT2D eigenvalue weighted by atomic mass is 9.96. The molecule has 1 rings (SSSR count). The van der Waals surface area contributed by atoms with E-state index in [1.54, 1.807) is 13.8 Å². The maximum atomic E-state index is 13.2. The minimum absolute atomic E-state index is 0.336. The van der Waals surface area contributed by atoms with Gasteiger partial charge >= 0.3 is 5.69 Å². The van der Waals surface area contributed by atoms with Crippen LogP contribution in [0.1, 0.15) is 26.7 Å². The average molecular weight is 320 g/mol. The van der Waals surface area contributed by atoms with Gasteiger partial charge in [-0.1, -0.05) is 13.8 Å². The second-order valence-electron chi connectivity index (χ2n) is 4.62. The molecule has 0 atom stereocenters. The number of nitrogens with one attached hydrogen (secondary N) is 1. The van der Waals surface area contributed by atoms with E-state index >= 15 is 0 Å². The number of benzene rings is 1. The van der Waals surface area contributed by atoms with Gasteiger partial charge in [0.15, 0.2) is 0 Å². The van der Waals surface area contributed by atoms with Crippen LogP contribution in [-0.2, 0) is 10.0 Å². The van der Waals surface area contributed by atoms with Crippen molar-refractivity contribution in [2.75, 3.05) is 6.61 Å². The molecule has 0 amide bonds. The number of halogens is 1. The van der Waals surface area contributed by atoms with Gasteiger partial charge in [-0.05, 0) is 25.0 Å². The minimum atomic E-state index is -4.11. The van der Waals surface area contributed by atoms with Crippen LogP contribution in [0.15, 0.2) is 23.1 Å². The molecule has 7 nitrogen and oxygen atoms in total. The molecule has 118 valence electrons. The Kier molecular flexibility index (Phi) is 5.37.